The fourth-order valence-corrected chi connectivity index (χ4v) is 2.74. The normalized spacial score (nSPS) is 15.9. The second kappa shape index (κ2) is 6.41. The summed E-state index contributed by atoms with van der Waals surface area (Å²) < 4.78 is 0. The number of nitrogens with zero attached hydrogens (tertiary/aromatic N) is 4. The highest BCUT2D eigenvalue weighted by Gasteiger charge is 2.21. The molecule has 1 heterocycles. The molecule has 1 aliphatic rings. The smallest absolute Gasteiger partial charge is 0.101 e. The summed E-state index contributed by atoms with van der Waals surface area (Å²) >= 11 is 0. The Morgan fingerprint density at radius 1 is 1.05 bits per heavy atom. The Bertz CT molecular complexity index is 510. The van der Waals surface area contributed by atoms with Gasteiger partial charge in [0, 0.05) is 32.7 Å². The predicted molar refractivity (Wildman–Crippen MR) is 79.4 cm³/mol. The summed E-state index contributed by atoms with van der Waals surface area (Å²) in [4.78, 5) is 4.62. The van der Waals surface area contributed by atoms with Crippen LogP contribution in [0.1, 0.15) is 25.0 Å². The molecule has 1 saturated heterocycles. The molecule has 0 aromatic heterocycles. The molecule has 0 bridgehead atoms. The van der Waals surface area contributed by atoms with Gasteiger partial charge in [0.25, 0.3) is 0 Å². The lowest BCUT2D eigenvalue weighted by atomic mass is 10.1. The molecular formula is C16H20N4. The highest BCUT2D eigenvalue weighted by Crippen LogP contribution is 2.26. The van der Waals surface area contributed by atoms with E-state index in [2.05, 4.69) is 35.8 Å². The summed E-state index contributed by atoms with van der Waals surface area (Å²) in [6, 6.07) is 9.76. The van der Waals surface area contributed by atoms with E-state index in [1.54, 1.807) is 18.2 Å². The van der Waals surface area contributed by atoms with Gasteiger partial charge in [0.15, 0.2) is 0 Å². The van der Waals surface area contributed by atoms with Crippen LogP contribution in [0.3, 0.4) is 0 Å². The third kappa shape index (κ3) is 3.10. The minimum atomic E-state index is 0.598. The largest absolute Gasteiger partial charge is 0.367 e. The Labute approximate surface area is 120 Å². The van der Waals surface area contributed by atoms with Gasteiger partial charge >= 0.3 is 0 Å². The topological polar surface area (TPSA) is 54.1 Å². The first-order chi connectivity index (χ1) is 9.65. The van der Waals surface area contributed by atoms with E-state index in [9.17, 15) is 10.5 Å². The average molecular weight is 268 g/mol. The van der Waals surface area contributed by atoms with Crippen LogP contribution >= 0.6 is 0 Å². The van der Waals surface area contributed by atoms with Gasteiger partial charge in [0.2, 0.25) is 0 Å². The van der Waals surface area contributed by atoms with Crippen LogP contribution in [-0.4, -0.2) is 37.6 Å². The number of nitriles is 2. The molecule has 4 heteroatoms. The second-order valence-corrected chi connectivity index (χ2v) is 5.61. The number of anilines is 1. The van der Waals surface area contributed by atoms with E-state index in [1.165, 1.54) is 0 Å². The number of hydrogen-bond acceptors (Lipinski definition) is 4. The summed E-state index contributed by atoms with van der Waals surface area (Å²) in [5.41, 5.74) is 2.00. The van der Waals surface area contributed by atoms with Gasteiger partial charge in [-0.25, -0.2) is 0 Å². The maximum Gasteiger partial charge on any atom is 0.101 e. The van der Waals surface area contributed by atoms with Crippen molar-refractivity contribution >= 4 is 5.69 Å². The number of para-hydroxylation sites is 1. The molecule has 0 aliphatic carbocycles. The fourth-order valence-electron chi connectivity index (χ4n) is 2.74. The van der Waals surface area contributed by atoms with Crippen LogP contribution in [0, 0.1) is 28.6 Å². The first-order valence-electron chi connectivity index (χ1n) is 7.06. The van der Waals surface area contributed by atoms with Gasteiger partial charge in [0.1, 0.15) is 12.1 Å². The first-order valence-corrected chi connectivity index (χ1v) is 7.06. The SMILES string of the molecule is CC(C)CN1CCN(c2c(C#N)cccc2C#N)CC1. The molecule has 4 nitrogen and oxygen atoms in total. The third-order valence-electron chi connectivity index (χ3n) is 3.59. The minimum Gasteiger partial charge on any atom is -0.367 e. The molecule has 20 heavy (non-hydrogen) atoms. The van der Waals surface area contributed by atoms with E-state index < -0.39 is 0 Å². The van der Waals surface area contributed by atoms with Crippen molar-refractivity contribution in [2.45, 2.75) is 13.8 Å². The van der Waals surface area contributed by atoms with Crippen molar-refractivity contribution < 1.29 is 0 Å². The first kappa shape index (κ1) is 14.4. The molecule has 1 aliphatic heterocycles. The molecule has 0 amide bonds. The van der Waals surface area contributed by atoms with E-state index in [0.29, 0.717) is 17.0 Å². The third-order valence-corrected chi connectivity index (χ3v) is 3.59. The minimum absolute atomic E-state index is 0.598. The van der Waals surface area contributed by atoms with Crippen molar-refractivity contribution in [3.63, 3.8) is 0 Å². The van der Waals surface area contributed by atoms with Crippen LogP contribution in [0.15, 0.2) is 18.2 Å². The van der Waals surface area contributed by atoms with E-state index in [1.807, 2.05) is 0 Å². The van der Waals surface area contributed by atoms with Crippen LogP contribution in [0.4, 0.5) is 5.69 Å². The van der Waals surface area contributed by atoms with E-state index in [4.69, 9.17) is 0 Å². The lowest BCUT2D eigenvalue weighted by Crippen LogP contribution is -2.47. The van der Waals surface area contributed by atoms with Crippen molar-refractivity contribution in [2.24, 2.45) is 5.92 Å². The van der Waals surface area contributed by atoms with Crippen molar-refractivity contribution in [1.29, 1.82) is 10.5 Å². The molecule has 0 spiro atoms. The summed E-state index contributed by atoms with van der Waals surface area (Å²) in [6.07, 6.45) is 0. The van der Waals surface area contributed by atoms with Crippen molar-refractivity contribution in [2.75, 3.05) is 37.6 Å². The summed E-state index contributed by atoms with van der Waals surface area (Å²) in [6.45, 7) is 9.29. The molecule has 1 aromatic carbocycles. The molecule has 1 aromatic rings. The Kier molecular flexibility index (Phi) is 4.61. The van der Waals surface area contributed by atoms with E-state index in [-0.39, 0.29) is 0 Å². The maximum absolute atomic E-state index is 9.24. The van der Waals surface area contributed by atoms with E-state index >= 15 is 0 Å². The zero-order valence-corrected chi connectivity index (χ0v) is 12.1. The summed E-state index contributed by atoms with van der Waals surface area (Å²) in [5.74, 6) is 0.669. The Balaban J connectivity index is 2.15. The standard InChI is InChI=1S/C16H20N4/c1-13(2)12-19-6-8-20(9-7-19)16-14(10-17)4-3-5-15(16)11-18/h3-5,13H,6-9,12H2,1-2H3. The van der Waals surface area contributed by atoms with Crippen LogP contribution in [0.25, 0.3) is 0 Å². The predicted octanol–water partition coefficient (Wildman–Crippen LogP) is 2.21. The summed E-state index contributed by atoms with van der Waals surface area (Å²) in [7, 11) is 0. The highest BCUT2D eigenvalue weighted by molar-refractivity contribution is 5.68. The lowest BCUT2D eigenvalue weighted by molar-refractivity contribution is 0.231. The van der Waals surface area contributed by atoms with Gasteiger partial charge in [-0.3, -0.25) is 4.90 Å². The zero-order valence-electron chi connectivity index (χ0n) is 12.1. The highest BCUT2D eigenvalue weighted by atomic mass is 15.3. The monoisotopic (exact) mass is 268 g/mol. The van der Waals surface area contributed by atoms with Crippen LogP contribution in [0.2, 0.25) is 0 Å². The zero-order chi connectivity index (χ0) is 14.5. The molecule has 2 rings (SSSR count). The van der Waals surface area contributed by atoms with Crippen LogP contribution < -0.4 is 4.90 Å². The van der Waals surface area contributed by atoms with Gasteiger partial charge < -0.3 is 4.90 Å². The van der Waals surface area contributed by atoms with Crippen molar-refractivity contribution in [3.8, 4) is 12.1 Å². The number of rotatable bonds is 3. The number of hydrogen-bond donors (Lipinski definition) is 0. The van der Waals surface area contributed by atoms with Crippen molar-refractivity contribution in [3.05, 3.63) is 29.3 Å². The Hall–Kier alpha value is -2.04. The lowest BCUT2D eigenvalue weighted by Gasteiger charge is -2.37. The van der Waals surface area contributed by atoms with E-state index in [0.717, 1.165) is 38.4 Å². The molecule has 0 unspecified atom stereocenters. The number of piperazine rings is 1. The van der Waals surface area contributed by atoms with Gasteiger partial charge in [0.05, 0.1) is 16.8 Å². The quantitative estimate of drug-likeness (QED) is 0.843. The average Bonchev–Trinajstić information content (AvgIpc) is 2.46. The van der Waals surface area contributed by atoms with Gasteiger partial charge in [-0.05, 0) is 18.1 Å². The second-order valence-electron chi connectivity index (χ2n) is 5.61. The fraction of sp³-hybridized carbons (Fsp3) is 0.500. The number of benzene rings is 1. The molecule has 104 valence electrons. The molecule has 0 atom stereocenters. The van der Waals surface area contributed by atoms with Crippen molar-refractivity contribution in [1.82, 2.24) is 4.90 Å². The molecule has 0 saturated carbocycles. The van der Waals surface area contributed by atoms with Gasteiger partial charge in [-0.15, -0.1) is 0 Å². The molecule has 0 radical (unpaired) electrons. The Morgan fingerprint density at radius 2 is 1.60 bits per heavy atom. The molecular weight excluding hydrogens is 248 g/mol. The molecule has 1 fully saturated rings. The summed E-state index contributed by atoms with van der Waals surface area (Å²) in [5, 5.41) is 18.5. The maximum atomic E-state index is 9.24. The van der Waals surface area contributed by atoms with Crippen LogP contribution in [-0.2, 0) is 0 Å². The van der Waals surface area contributed by atoms with Gasteiger partial charge in [-0.1, -0.05) is 19.9 Å². The molecule has 0 N–H and O–H groups in total. The van der Waals surface area contributed by atoms with Gasteiger partial charge in [-0.2, -0.15) is 10.5 Å². The van der Waals surface area contributed by atoms with Crippen LogP contribution in [0.5, 0.6) is 0 Å². The Morgan fingerprint density at radius 3 is 2.05 bits per heavy atom.